The Kier molecular flexibility index (Phi) is 5.06. The van der Waals surface area contributed by atoms with E-state index in [1.54, 1.807) is 0 Å². The Labute approximate surface area is 181 Å². The molecular weight excluding hydrogens is 386 g/mol. The van der Waals surface area contributed by atoms with Crippen molar-refractivity contribution in [3.05, 3.63) is 78.1 Å². The average Bonchev–Trinajstić information content (AvgIpc) is 3.53. The molecule has 0 radical (unpaired) electrons. The largest absolute Gasteiger partial charge is 0.361 e. The fourth-order valence-corrected chi connectivity index (χ4v) is 4.61. The summed E-state index contributed by atoms with van der Waals surface area (Å²) >= 11 is 0. The van der Waals surface area contributed by atoms with Crippen molar-refractivity contribution in [3.63, 3.8) is 0 Å². The van der Waals surface area contributed by atoms with Gasteiger partial charge in [0.25, 0.3) is 0 Å². The van der Waals surface area contributed by atoms with Crippen LogP contribution in [0.4, 0.5) is 0 Å². The number of nitrogens with zero attached hydrogens (tertiary/aromatic N) is 4. The van der Waals surface area contributed by atoms with Crippen molar-refractivity contribution >= 4 is 16.8 Å². The molecule has 4 heterocycles. The Morgan fingerprint density at radius 3 is 2.94 bits per heavy atom. The Morgan fingerprint density at radius 2 is 2.06 bits per heavy atom. The van der Waals surface area contributed by atoms with Gasteiger partial charge in [0.2, 0.25) is 5.91 Å². The average molecular weight is 414 g/mol. The van der Waals surface area contributed by atoms with E-state index in [1.807, 2.05) is 64.5 Å². The third-order valence-corrected chi connectivity index (χ3v) is 6.12. The number of rotatable bonds is 5. The van der Waals surface area contributed by atoms with Gasteiger partial charge < -0.3 is 9.88 Å². The van der Waals surface area contributed by atoms with Crippen LogP contribution >= 0.6 is 0 Å². The summed E-state index contributed by atoms with van der Waals surface area (Å²) in [6.07, 6.45) is 8.07. The standard InChI is InChI=1S/C25H27N5O/c1-17(2)25-26-12-14-30(25)23-11-5-9-21(28-23)22-10-6-13-29(22)24(31)15-18-16-27-20-8-4-3-7-19(18)20/h3-5,7-9,11-12,14,16-17,22,27H,6,10,13,15H2,1-2H3. The second-order valence-corrected chi connectivity index (χ2v) is 8.51. The number of hydrogen-bond donors (Lipinski definition) is 1. The van der Waals surface area contributed by atoms with Gasteiger partial charge in [0.1, 0.15) is 11.6 Å². The first-order valence-electron chi connectivity index (χ1n) is 11.0. The van der Waals surface area contributed by atoms with Gasteiger partial charge in [-0.05, 0) is 36.6 Å². The number of hydrogen-bond acceptors (Lipinski definition) is 3. The number of carbonyl (C=O) groups excluding carboxylic acids is 1. The first kappa shape index (κ1) is 19.5. The molecule has 3 aromatic heterocycles. The molecule has 6 heteroatoms. The second-order valence-electron chi connectivity index (χ2n) is 8.51. The molecule has 1 aliphatic heterocycles. The number of pyridine rings is 1. The summed E-state index contributed by atoms with van der Waals surface area (Å²) in [6, 6.07) is 14.2. The minimum Gasteiger partial charge on any atom is -0.361 e. The van der Waals surface area contributed by atoms with Crippen molar-refractivity contribution < 1.29 is 4.79 Å². The number of aromatic nitrogens is 4. The van der Waals surface area contributed by atoms with Crippen molar-refractivity contribution in [2.45, 2.75) is 45.1 Å². The molecule has 1 N–H and O–H groups in total. The van der Waals surface area contributed by atoms with Gasteiger partial charge in [-0.2, -0.15) is 0 Å². The smallest absolute Gasteiger partial charge is 0.227 e. The van der Waals surface area contributed by atoms with E-state index in [2.05, 4.69) is 29.9 Å². The third-order valence-electron chi connectivity index (χ3n) is 6.12. The summed E-state index contributed by atoms with van der Waals surface area (Å²) in [5, 5.41) is 1.12. The highest BCUT2D eigenvalue weighted by Gasteiger charge is 2.31. The van der Waals surface area contributed by atoms with Crippen LogP contribution in [-0.2, 0) is 11.2 Å². The minimum absolute atomic E-state index is 0.0173. The van der Waals surface area contributed by atoms with E-state index in [4.69, 9.17) is 4.98 Å². The minimum atomic E-state index is 0.0173. The van der Waals surface area contributed by atoms with Gasteiger partial charge in [0, 0.05) is 42.0 Å². The predicted molar refractivity (Wildman–Crippen MR) is 121 cm³/mol. The van der Waals surface area contributed by atoms with E-state index in [-0.39, 0.29) is 11.9 Å². The van der Waals surface area contributed by atoms with Crippen LogP contribution < -0.4 is 0 Å². The molecule has 1 aliphatic rings. The van der Waals surface area contributed by atoms with Crippen LogP contribution in [0.25, 0.3) is 16.7 Å². The normalized spacial score (nSPS) is 16.5. The topological polar surface area (TPSA) is 66.8 Å². The number of benzene rings is 1. The molecule has 1 amide bonds. The molecule has 0 aliphatic carbocycles. The summed E-state index contributed by atoms with van der Waals surface area (Å²) in [6.45, 7) is 5.04. The molecular formula is C25H27N5O. The highest BCUT2D eigenvalue weighted by atomic mass is 16.2. The van der Waals surface area contributed by atoms with E-state index in [1.165, 1.54) is 0 Å². The summed E-state index contributed by atoms with van der Waals surface area (Å²) < 4.78 is 2.04. The lowest BCUT2D eigenvalue weighted by atomic mass is 10.1. The Hall–Kier alpha value is -3.41. The zero-order valence-electron chi connectivity index (χ0n) is 18.0. The van der Waals surface area contributed by atoms with Crippen molar-refractivity contribution in [1.29, 1.82) is 0 Å². The maximum absolute atomic E-state index is 13.3. The number of fused-ring (bicyclic) bond motifs is 1. The number of carbonyl (C=O) groups is 1. The number of likely N-dealkylation sites (tertiary alicyclic amines) is 1. The van der Waals surface area contributed by atoms with Gasteiger partial charge in [-0.3, -0.25) is 9.36 Å². The van der Waals surface area contributed by atoms with Crippen molar-refractivity contribution in [1.82, 2.24) is 24.4 Å². The first-order valence-corrected chi connectivity index (χ1v) is 11.0. The maximum atomic E-state index is 13.3. The van der Waals surface area contributed by atoms with Crippen LogP contribution in [0.3, 0.4) is 0 Å². The van der Waals surface area contributed by atoms with E-state index in [0.717, 1.165) is 53.2 Å². The molecule has 0 saturated carbocycles. The van der Waals surface area contributed by atoms with Crippen LogP contribution in [0.2, 0.25) is 0 Å². The van der Waals surface area contributed by atoms with Gasteiger partial charge in [-0.15, -0.1) is 0 Å². The lowest BCUT2D eigenvalue weighted by Gasteiger charge is -2.25. The van der Waals surface area contributed by atoms with Crippen LogP contribution in [0, 0.1) is 0 Å². The lowest BCUT2D eigenvalue weighted by molar-refractivity contribution is -0.131. The predicted octanol–water partition coefficient (Wildman–Crippen LogP) is 4.78. The maximum Gasteiger partial charge on any atom is 0.227 e. The Bertz CT molecular complexity index is 1220. The molecule has 31 heavy (non-hydrogen) atoms. The molecule has 1 atom stereocenters. The summed E-state index contributed by atoms with van der Waals surface area (Å²) in [5.74, 6) is 2.31. The molecule has 5 rings (SSSR count). The number of nitrogens with one attached hydrogen (secondary N) is 1. The van der Waals surface area contributed by atoms with Gasteiger partial charge in [-0.25, -0.2) is 9.97 Å². The Morgan fingerprint density at radius 1 is 1.19 bits per heavy atom. The SMILES string of the molecule is CC(C)c1nccn1-c1cccc(C2CCCN2C(=O)Cc2c[nH]c3ccccc23)n1. The quantitative estimate of drug-likeness (QED) is 0.512. The Balaban J connectivity index is 1.40. The van der Waals surface area contributed by atoms with Crippen LogP contribution in [0.15, 0.2) is 61.1 Å². The monoisotopic (exact) mass is 413 g/mol. The van der Waals surface area contributed by atoms with Gasteiger partial charge in [-0.1, -0.05) is 38.1 Å². The van der Waals surface area contributed by atoms with Gasteiger partial charge >= 0.3 is 0 Å². The fraction of sp³-hybridized carbons (Fsp3) is 0.320. The molecule has 1 saturated heterocycles. The third kappa shape index (κ3) is 3.63. The van der Waals surface area contributed by atoms with E-state index < -0.39 is 0 Å². The first-order chi connectivity index (χ1) is 15.1. The second kappa shape index (κ2) is 8.02. The lowest BCUT2D eigenvalue weighted by Crippen LogP contribution is -2.32. The molecule has 1 fully saturated rings. The summed E-state index contributed by atoms with van der Waals surface area (Å²) in [5.41, 5.74) is 3.07. The van der Waals surface area contributed by atoms with Crippen LogP contribution in [0.5, 0.6) is 0 Å². The fourth-order valence-electron chi connectivity index (χ4n) is 4.61. The number of H-pyrrole nitrogens is 1. The van der Waals surface area contributed by atoms with E-state index in [0.29, 0.717) is 12.3 Å². The number of amides is 1. The molecule has 6 nitrogen and oxygen atoms in total. The van der Waals surface area contributed by atoms with Gasteiger partial charge in [0.05, 0.1) is 18.2 Å². The molecule has 1 unspecified atom stereocenters. The van der Waals surface area contributed by atoms with Crippen LogP contribution in [0.1, 0.15) is 55.7 Å². The molecule has 158 valence electrons. The van der Waals surface area contributed by atoms with E-state index >= 15 is 0 Å². The highest BCUT2D eigenvalue weighted by Crippen LogP contribution is 2.32. The molecule has 4 aromatic rings. The molecule has 0 spiro atoms. The van der Waals surface area contributed by atoms with Crippen LogP contribution in [-0.4, -0.2) is 36.9 Å². The van der Waals surface area contributed by atoms with Crippen molar-refractivity contribution in [2.24, 2.45) is 0 Å². The molecule has 0 bridgehead atoms. The van der Waals surface area contributed by atoms with E-state index in [9.17, 15) is 4.79 Å². The zero-order chi connectivity index (χ0) is 21.4. The zero-order valence-corrected chi connectivity index (χ0v) is 18.0. The van der Waals surface area contributed by atoms with Gasteiger partial charge in [0.15, 0.2) is 0 Å². The van der Waals surface area contributed by atoms with Crippen molar-refractivity contribution in [2.75, 3.05) is 6.54 Å². The summed E-state index contributed by atoms with van der Waals surface area (Å²) in [7, 11) is 0. The number of para-hydroxylation sites is 1. The number of aromatic amines is 1. The highest BCUT2D eigenvalue weighted by molar-refractivity contribution is 5.89. The molecule has 1 aromatic carbocycles. The number of imidazole rings is 1. The van der Waals surface area contributed by atoms with Crippen molar-refractivity contribution in [3.8, 4) is 5.82 Å². The summed E-state index contributed by atoms with van der Waals surface area (Å²) in [4.78, 5) is 28.0.